The number of nitrogens with zero attached hydrogens (tertiary/aromatic N) is 5. The second-order valence-corrected chi connectivity index (χ2v) is 1.80. The molecular formula is C2H3N7O4. The summed E-state index contributed by atoms with van der Waals surface area (Å²) in [5.41, 5.74) is 5.06. The zero-order valence-electron chi connectivity index (χ0n) is 5.95. The first-order chi connectivity index (χ1) is 6.04. The third-order valence-electron chi connectivity index (χ3n) is 1.05. The molecule has 0 spiro atoms. The maximum atomic E-state index is 10.1. The maximum absolute atomic E-state index is 10.1. The van der Waals surface area contributed by atoms with E-state index in [-0.39, 0.29) is 0 Å². The molecule has 1 heterocycles. The Morgan fingerprint density at radius 1 is 1.31 bits per heavy atom. The molecule has 0 aliphatic rings. The van der Waals surface area contributed by atoms with Gasteiger partial charge in [-0.3, -0.25) is 0 Å². The lowest BCUT2D eigenvalue weighted by Crippen LogP contribution is -2.36. The fourth-order valence-corrected chi connectivity index (χ4v) is 0.595. The van der Waals surface area contributed by atoms with Crippen LogP contribution in [0.15, 0.2) is 0 Å². The highest BCUT2D eigenvalue weighted by Crippen LogP contribution is 2.15. The van der Waals surface area contributed by atoms with Crippen molar-refractivity contribution >= 4 is 11.6 Å². The van der Waals surface area contributed by atoms with E-state index in [1.807, 2.05) is 5.21 Å². The van der Waals surface area contributed by atoms with Gasteiger partial charge < -0.3 is 5.73 Å². The third-order valence-corrected chi connectivity index (χ3v) is 1.05. The van der Waals surface area contributed by atoms with E-state index in [4.69, 9.17) is 5.73 Å². The van der Waals surface area contributed by atoms with Crippen LogP contribution in [0.4, 0.5) is 11.6 Å². The molecule has 0 atom stereocenters. The van der Waals surface area contributed by atoms with Crippen molar-refractivity contribution in [2.75, 3.05) is 10.9 Å². The number of aromatic amines is 1. The zero-order chi connectivity index (χ0) is 10.0. The van der Waals surface area contributed by atoms with Crippen molar-refractivity contribution in [3.63, 3.8) is 0 Å². The number of hydrogen-bond acceptors (Lipinski definition) is 7. The van der Waals surface area contributed by atoms with E-state index in [9.17, 15) is 20.2 Å². The SMILES string of the molecule is Nc1n[nH]nc1N([N+](=O)[O-])[N+](=O)[O-]. The number of hydrogen-bond donors (Lipinski definition) is 2. The van der Waals surface area contributed by atoms with Crippen molar-refractivity contribution < 1.29 is 10.1 Å². The fourth-order valence-electron chi connectivity index (χ4n) is 0.595. The molecule has 0 fully saturated rings. The molecule has 0 amide bonds. The smallest absolute Gasteiger partial charge is 0.334 e. The first kappa shape index (κ1) is 8.63. The minimum absolute atomic E-state index is 0.423. The Morgan fingerprint density at radius 3 is 2.15 bits per heavy atom. The summed E-state index contributed by atoms with van der Waals surface area (Å²) in [6.45, 7) is 0. The number of nitrogens with two attached hydrogens (primary N) is 1. The number of hydrazine groups is 2. The van der Waals surface area contributed by atoms with Gasteiger partial charge in [0.05, 0.1) is 0 Å². The topological polar surface area (TPSA) is 157 Å². The van der Waals surface area contributed by atoms with Gasteiger partial charge in [-0.1, -0.05) is 0 Å². The standard InChI is InChI=1S/C2H3N7O4/c3-1-2(5-6-4-1)7(8(10)11)9(12)13/h(H3,3,4,5,6). The number of nitrogen functional groups attached to an aromatic ring is 1. The van der Waals surface area contributed by atoms with Crippen molar-refractivity contribution in [3.05, 3.63) is 20.2 Å². The van der Waals surface area contributed by atoms with E-state index in [1.165, 1.54) is 0 Å². The molecule has 0 aliphatic carbocycles. The molecule has 0 saturated heterocycles. The quantitative estimate of drug-likeness (QED) is 0.432. The summed E-state index contributed by atoms with van der Waals surface area (Å²) in [4.78, 5) is 20.3. The number of nitro groups is 2. The molecule has 0 bridgehead atoms. The number of anilines is 2. The summed E-state index contributed by atoms with van der Waals surface area (Å²) < 4.78 is 0. The highest BCUT2D eigenvalue weighted by atomic mass is 16.8. The normalized spacial score (nSPS) is 9.54. The minimum Gasteiger partial charge on any atom is -0.379 e. The van der Waals surface area contributed by atoms with Gasteiger partial charge in [-0.25, -0.2) is 20.2 Å². The van der Waals surface area contributed by atoms with Crippen LogP contribution >= 0.6 is 0 Å². The van der Waals surface area contributed by atoms with Gasteiger partial charge in [0.2, 0.25) is 21.0 Å². The molecule has 11 nitrogen and oxygen atoms in total. The van der Waals surface area contributed by atoms with Crippen molar-refractivity contribution in [1.29, 1.82) is 0 Å². The largest absolute Gasteiger partial charge is 0.379 e. The van der Waals surface area contributed by atoms with Crippen molar-refractivity contribution in [2.24, 2.45) is 0 Å². The van der Waals surface area contributed by atoms with Crippen molar-refractivity contribution in [1.82, 2.24) is 15.4 Å². The van der Waals surface area contributed by atoms with Crippen LogP contribution in [0.3, 0.4) is 0 Å². The van der Waals surface area contributed by atoms with E-state index < -0.39 is 26.8 Å². The molecule has 3 N–H and O–H groups in total. The summed E-state index contributed by atoms with van der Waals surface area (Å²) in [5, 5.41) is 25.6. The Kier molecular flexibility index (Phi) is 1.91. The van der Waals surface area contributed by atoms with Crippen LogP contribution in [-0.2, 0) is 0 Å². The van der Waals surface area contributed by atoms with E-state index in [0.717, 1.165) is 0 Å². The monoisotopic (exact) mass is 189 g/mol. The van der Waals surface area contributed by atoms with Gasteiger partial charge in [0.25, 0.3) is 0 Å². The predicted molar refractivity (Wildman–Crippen MR) is 37.3 cm³/mol. The Labute approximate surface area is 69.4 Å². The van der Waals surface area contributed by atoms with E-state index in [2.05, 4.69) is 10.2 Å². The van der Waals surface area contributed by atoms with Gasteiger partial charge >= 0.3 is 5.82 Å². The van der Waals surface area contributed by atoms with Gasteiger partial charge in [-0.05, 0) is 0 Å². The number of rotatable bonds is 3. The number of H-pyrrole nitrogens is 1. The molecule has 0 unspecified atom stereocenters. The highest BCUT2D eigenvalue weighted by Gasteiger charge is 2.35. The van der Waals surface area contributed by atoms with E-state index in [0.29, 0.717) is 0 Å². The Balaban J connectivity index is 3.09. The second kappa shape index (κ2) is 2.88. The van der Waals surface area contributed by atoms with Gasteiger partial charge in [-0.15, -0.1) is 10.2 Å². The summed E-state index contributed by atoms with van der Waals surface area (Å²) >= 11 is 0. The minimum atomic E-state index is -1.27. The highest BCUT2D eigenvalue weighted by molar-refractivity contribution is 5.52. The van der Waals surface area contributed by atoms with Crippen LogP contribution in [0.5, 0.6) is 0 Å². The van der Waals surface area contributed by atoms with Crippen LogP contribution in [-0.4, -0.2) is 25.5 Å². The molecule has 0 aromatic carbocycles. The third kappa shape index (κ3) is 1.42. The molecule has 70 valence electrons. The van der Waals surface area contributed by atoms with Crippen molar-refractivity contribution in [3.8, 4) is 0 Å². The van der Waals surface area contributed by atoms with Gasteiger partial charge in [0.15, 0.2) is 0 Å². The fraction of sp³-hybridized carbons (Fsp3) is 0. The van der Waals surface area contributed by atoms with Crippen molar-refractivity contribution in [2.45, 2.75) is 0 Å². The first-order valence-electron chi connectivity index (χ1n) is 2.79. The number of nitrogens with one attached hydrogen (secondary N) is 1. The van der Waals surface area contributed by atoms with Gasteiger partial charge in [0.1, 0.15) is 0 Å². The molecule has 11 heteroatoms. The van der Waals surface area contributed by atoms with Gasteiger partial charge in [0, 0.05) is 0 Å². The molecule has 1 rings (SSSR count). The Bertz CT molecular complexity index is 330. The molecular weight excluding hydrogens is 186 g/mol. The van der Waals surface area contributed by atoms with Crippen LogP contribution in [0, 0.1) is 20.2 Å². The lowest BCUT2D eigenvalue weighted by Gasteiger charge is -1.98. The Morgan fingerprint density at radius 2 is 1.85 bits per heavy atom. The maximum Gasteiger partial charge on any atom is 0.334 e. The zero-order valence-corrected chi connectivity index (χ0v) is 5.95. The van der Waals surface area contributed by atoms with E-state index >= 15 is 0 Å². The lowest BCUT2D eigenvalue weighted by atomic mass is 10.7. The second-order valence-electron chi connectivity index (χ2n) is 1.80. The predicted octanol–water partition coefficient (Wildman–Crippen LogP) is -1.42. The summed E-state index contributed by atoms with van der Waals surface area (Å²) in [6, 6.07) is 0. The summed E-state index contributed by atoms with van der Waals surface area (Å²) in [7, 11) is 0. The molecule has 1 aromatic rings. The van der Waals surface area contributed by atoms with Crippen LogP contribution in [0.1, 0.15) is 0 Å². The number of aromatic nitrogens is 3. The molecule has 1 aromatic heterocycles. The molecule has 13 heavy (non-hydrogen) atoms. The first-order valence-corrected chi connectivity index (χ1v) is 2.79. The Hall–Kier alpha value is -2.46. The van der Waals surface area contributed by atoms with Crippen LogP contribution in [0.2, 0.25) is 0 Å². The average Bonchev–Trinajstić information content (AvgIpc) is 2.35. The molecule has 0 saturated carbocycles. The van der Waals surface area contributed by atoms with Gasteiger partial charge in [-0.2, -0.15) is 5.21 Å². The van der Waals surface area contributed by atoms with Crippen LogP contribution < -0.4 is 10.9 Å². The molecule has 0 aliphatic heterocycles. The van der Waals surface area contributed by atoms with E-state index in [1.54, 1.807) is 0 Å². The average molecular weight is 189 g/mol. The lowest BCUT2D eigenvalue weighted by molar-refractivity contribution is -0.712. The van der Waals surface area contributed by atoms with Crippen LogP contribution in [0.25, 0.3) is 0 Å². The molecule has 0 radical (unpaired) electrons. The summed E-state index contributed by atoms with van der Waals surface area (Å²) in [5.74, 6) is -1.08. The summed E-state index contributed by atoms with van der Waals surface area (Å²) in [6.07, 6.45) is 0.